The van der Waals surface area contributed by atoms with Crippen LogP contribution >= 0.6 is 11.6 Å². The molecule has 0 unspecified atom stereocenters. The molecule has 3 N–H and O–H groups in total. The van der Waals surface area contributed by atoms with E-state index in [2.05, 4.69) is 10.6 Å². The third-order valence-corrected chi connectivity index (χ3v) is 3.58. The Bertz CT molecular complexity index is 841. The molecule has 0 bridgehead atoms. The van der Waals surface area contributed by atoms with E-state index in [1.807, 2.05) is 0 Å². The van der Waals surface area contributed by atoms with Crippen molar-refractivity contribution < 1.29 is 24.4 Å². The molecule has 2 aromatic rings. The number of nitrogens with one attached hydrogen (secondary N) is 2. The number of benzene rings is 2. The van der Waals surface area contributed by atoms with Gasteiger partial charge in [-0.1, -0.05) is 11.6 Å². The summed E-state index contributed by atoms with van der Waals surface area (Å²) in [6.07, 6.45) is 0. The quantitative estimate of drug-likeness (QED) is 0.356. The van der Waals surface area contributed by atoms with Gasteiger partial charge in [-0.3, -0.25) is 14.9 Å². The summed E-state index contributed by atoms with van der Waals surface area (Å²) in [6, 6.07) is 9.93. The first-order valence-electron chi connectivity index (χ1n) is 7.76. The lowest BCUT2D eigenvalue weighted by atomic mass is 10.1. The van der Waals surface area contributed by atoms with Gasteiger partial charge in [0.2, 0.25) is 0 Å². The van der Waals surface area contributed by atoms with Crippen LogP contribution in [0.25, 0.3) is 0 Å². The molecular weight excluding hydrogens is 378 g/mol. The van der Waals surface area contributed by atoms with Crippen LogP contribution < -0.4 is 10.6 Å². The molecule has 1 amide bonds. The van der Waals surface area contributed by atoms with Crippen molar-refractivity contribution >= 4 is 40.5 Å². The van der Waals surface area contributed by atoms with E-state index in [1.54, 1.807) is 24.3 Å². The number of non-ortho nitro benzene ring substituents is 1. The van der Waals surface area contributed by atoms with Crippen LogP contribution in [0.1, 0.15) is 10.4 Å². The molecule has 0 aliphatic rings. The van der Waals surface area contributed by atoms with E-state index >= 15 is 0 Å². The monoisotopic (exact) mass is 393 g/mol. The number of amides is 1. The number of ether oxygens (including phenoxy) is 1. The van der Waals surface area contributed by atoms with Gasteiger partial charge < -0.3 is 20.5 Å². The molecule has 10 heteroatoms. The van der Waals surface area contributed by atoms with Crippen molar-refractivity contribution in [2.24, 2.45) is 0 Å². The molecule has 0 radical (unpaired) electrons. The highest BCUT2D eigenvalue weighted by Gasteiger charge is 2.19. The zero-order chi connectivity index (χ0) is 19.8. The average Bonchev–Trinajstić information content (AvgIpc) is 2.66. The van der Waals surface area contributed by atoms with Gasteiger partial charge in [0.1, 0.15) is 0 Å². The van der Waals surface area contributed by atoms with Crippen molar-refractivity contribution in [1.29, 1.82) is 0 Å². The third kappa shape index (κ3) is 5.94. The number of carbonyl (C=O) groups is 2. The number of esters is 1. The number of hydrogen-bond acceptors (Lipinski definition) is 7. The van der Waals surface area contributed by atoms with Gasteiger partial charge in [0.25, 0.3) is 11.6 Å². The summed E-state index contributed by atoms with van der Waals surface area (Å²) in [5.74, 6) is -1.49. The summed E-state index contributed by atoms with van der Waals surface area (Å²) in [5, 5.41) is 25.6. The molecule has 142 valence electrons. The zero-order valence-electron chi connectivity index (χ0n) is 14.0. The van der Waals surface area contributed by atoms with Gasteiger partial charge in [0.15, 0.2) is 6.61 Å². The first-order chi connectivity index (χ1) is 12.9. The second kappa shape index (κ2) is 9.51. The fraction of sp³-hybridized carbons (Fsp3) is 0.176. The van der Waals surface area contributed by atoms with E-state index in [1.165, 1.54) is 12.1 Å². The van der Waals surface area contributed by atoms with Gasteiger partial charge in [-0.25, -0.2) is 4.79 Å². The van der Waals surface area contributed by atoms with Gasteiger partial charge in [0.05, 0.1) is 17.1 Å². The largest absolute Gasteiger partial charge is 0.452 e. The number of nitro groups is 1. The number of aliphatic hydroxyl groups is 1. The van der Waals surface area contributed by atoms with E-state index in [-0.39, 0.29) is 30.1 Å². The molecule has 0 aliphatic carbocycles. The molecule has 0 atom stereocenters. The molecule has 0 fully saturated rings. The van der Waals surface area contributed by atoms with E-state index in [0.29, 0.717) is 10.7 Å². The van der Waals surface area contributed by atoms with Crippen LogP contribution in [0.3, 0.4) is 0 Å². The first-order valence-corrected chi connectivity index (χ1v) is 8.14. The highest BCUT2D eigenvalue weighted by atomic mass is 35.5. The molecule has 9 nitrogen and oxygen atoms in total. The Morgan fingerprint density at radius 2 is 1.89 bits per heavy atom. The lowest BCUT2D eigenvalue weighted by Gasteiger charge is -2.11. The van der Waals surface area contributed by atoms with Crippen LogP contribution in [0.2, 0.25) is 5.02 Å². The summed E-state index contributed by atoms with van der Waals surface area (Å²) in [7, 11) is 0. The number of carbonyl (C=O) groups excluding carboxylic acids is 2. The van der Waals surface area contributed by atoms with Gasteiger partial charge in [-0.15, -0.1) is 0 Å². The smallest absolute Gasteiger partial charge is 0.341 e. The van der Waals surface area contributed by atoms with E-state index in [0.717, 1.165) is 6.07 Å². The molecule has 0 aliphatic heterocycles. The Morgan fingerprint density at radius 3 is 2.52 bits per heavy atom. The maximum atomic E-state index is 12.3. The summed E-state index contributed by atoms with van der Waals surface area (Å²) in [6.45, 7) is -0.645. The van der Waals surface area contributed by atoms with Crippen molar-refractivity contribution in [2.45, 2.75) is 0 Å². The highest BCUT2D eigenvalue weighted by Crippen LogP contribution is 2.23. The number of nitro benzene ring substituents is 1. The van der Waals surface area contributed by atoms with Crippen molar-refractivity contribution in [1.82, 2.24) is 0 Å². The van der Waals surface area contributed by atoms with Crippen LogP contribution in [-0.4, -0.2) is 41.7 Å². The molecular formula is C17H16ClN3O6. The number of hydrogen-bond donors (Lipinski definition) is 3. The molecule has 2 aromatic carbocycles. The fourth-order valence-corrected chi connectivity index (χ4v) is 2.22. The Morgan fingerprint density at radius 1 is 1.19 bits per heavy atom. The summed E-state index contributed by atoms with van der Waals surface area (Å²) < 4.78 is 4.94. The molecule has 0 aromatic heterocycles. The predicted octanol–water partition coefficient (Wildman–Crippen LogP) is 2.45. The zero-order valence-corrected chi connectivity index (χ0v) is 14.7. The number of rotatable bonds is 8. The van der Waals surface area contributed by atoms with Crippen molar-refractivity contribution in [3.8, 4) is 0 Å². The molecule has 0 heterocycles. The Kier molecular flexibility index (Phi) is 7.09. The van der Waals surface area contributed by atoms with Crippen molar-refractivity contribution in [3.05, 3.63) is 63.2 Å². The second-order valence-electron chi connectivity index (χ2n) is 5.27. The predicted molar refractivity (Wildman–Crippen MR) is 99.0 cm³/mol. The van der Waals surface area contributed by atoms with Gasteiger partial charge in [-0.2, -0.15) is 0 Å². The Balaban J connectivity index is 2.04. The van der Waals surface area contributed by atoms with Gasteiger partial charge in [0, 0.05) is 35.1 Å². The number of halogens is 1. The van der Waals surface area contributed by atoms with Crippen LogP contribution in [-0.2, 0) is 9.53 Å². The van der Waals surface area contributed by atoms with Gasteiger partial charge in [-0.05, 0) is 30.3 Å². The minimum atomic E-state index is -0.912. The van der Waals surface area contributed by atoms with Crippen molar-refractivity contribution in [3.63, 3.8) is 0 Å². The molecule has 0 saturated heterocycles. The normalized spacial score (nSPS) is 10.1. The van der Waals surface area contributed by atoms with Gasteiger partial charge >= 0.3 is 5.97 Å². The fourth-order valence-electron chi connectivity index (χ4n) is 2.10. The molecule has 0 saturated carbocycles. The third-order valence-electron chi connectivity index (χ3n) is 3.32. The standard InChI is InChI=1S/C17H16ClN3O6/c18-11-1-3-12(4-2-11)20-16(23)10-27-17(24)14-9-13(21(25)26)5-6-15(14)19-7-8-22/h1-6,9,19,22H,7-8,10H2,(H,20,23). The van der Waals surface area contributed by atoms with E-state index < -0.39 is 23.4 Å². The lowest BCUT2D eigenvalue weighted by Crippen LogP contribution is -2.21. The SMILES string of the molecule is O=C(COC(=O)c1cc([N+](=O)[O-])ccc1NCCO)Nc1ccc(Cl)cc1. The lowest BCUT2D eigenvalue weighted by molar-refractivity contribution is -0.384. The molecule has 2 rings (SSSR count). The minimum Gasteiger partial charge on any atom is -0.452 e. The topological polar surface area (TPSA) is 131 Å². The second-order valence-corrected chi connectivity index (χ2v) is 5.71. The van der Waals surface area contributed by atoms with E-state index in [4.69, 9.17) is 21.4 Å². The van der Waals surface area contributed by atoms with Crippen LogP contribution in [0.15, 0.2) is 42.5 Å². The summed E-state index contributed by atoms with van der Waals surface area (Å²) in [4.78, 5) is 34.4. The molecule has 0 spiro atoms. The average molecular weight is 394 g/mol. The maximum absolute atomic E-state index is 12.3. The minimum absolute atomic E-state index is 0.114. The summed E-state index contributed by atoms with van der Waals surface area (Å²) in [5.41, 5.74) is 0.304. The first kappa shape index (κ1) is 20.1. The van der Waals surface area contributed by atoms with E-state index in [9.17, 15) is 19.7 Å². The van der Waals surface area contributed by atoms with Crippen LogP contribution in [0.5, 0.6) is 0 Å². The summed E-state index contributed by atoms with van der Waals surface area (Å²) >= 11 is 5.75. The Hall–Kier alpha value is -3.17. The molecule has 27 heavy (non-hydrogen) atoms. The number of anilines is 2. The van der Waals surface area contributed by atoms with Crippen LogP contribution in [0.4, 0.5) is 17.1 Å². The Labute approximate surface area is 159 Å². The van der Waals surface area contributed by atoms with Crippen molar-refractivity contribution in [2.75, 3.05) is 30.4 Å². The number of nitrogens with zero attached hydrogens (tertiary/aromatic N) is 1. The number of aliphatic hydroxyl groups excluding tert-OH is 1. The van der Waals surface area contributed by atoms with Crippen LogP contribution in [0, 0.1) is 10.1 Å². The highest BCUT2D eigenvalue weighted by molar-refractivity contribution is 6.30. The maximum Gasteiger partial charge on any atom is 0.341 e.